The Morgan fingerprint density at radius 1 is 1.12 bits per heavy atom. The maximum Gasteiger partial charge on any atom is 0.280 e. The summed E-state index contributed by atoms with van der Waals surface area (Å²) in [5, 5.41) is 13.4. The summed E-state index contributed by atoms with van der Waals surface area (Å²) in [6.07, 6.45) is 0.722. The summed E-state index contributed by atoms with van der Waals surface area (Å²) in [6.45, 7) is 1.62. The molecular weight excluding hydrogens is 324 g/mol. The third-order valence-corrected chi connectivity index (χ3v) is 3.33. The van der Waals surface area contributed by atoms with Crippen LogP contribution in [0.5, 0.6) is 23.0 Å². The number of carbonyl (C=O) groups excluding carboxylic acids is 1. The fraction of sp³-hybridized carbons (Fsp3) is 0.222. The molecule has 2 aromatic carbocycles. The summed E-state index contributed by atoms with van der Waals surface area (Å²) < 4.78 is 15.6. The quantitative estimate of drug-likeness (QED) is 0.594. The van der Waals surface area contributed by atoms with Crippen molar-refractivity contribution < 1.29 is 24.1 Å². The minimum atomic E-state index is -0.722. The number of ether oxygens (including phenoxy) is 3. The van der Waals surface area contributed by atoms with E-state index in [4.69, 9.17) is 14.2 Å². The van der Waals surface area contributed by atoms with E-state index >= 15 is 0 Å². The molecule has 0 heterocycles. The lowest BCUT2D eigenvalue weighted by Gasteiger charge is -2.13. The first kappa shape index (κ1) is 18.1. The summed E-state index contributed by atoms with van der Waals surface area (Å²) in [4.78, 5) is 12.0. The van der Waals surface area contributed by atoms with E-state index in [1.807, 2.05) is 0 Å². The summed E-state index contributed by atoms with van der Waals surface area (Å²) in [5.74, 6) is 1.23. The average molecular weight is 344 g/mol. The highest BCUT2D eigenvalue weighted by Gasteiger charge is 2.13. The van der Waals surface area contributed by atoms with Gasteiger partial charge in [-0.15, -0.1) is 0 Å². The Balaban J connectivity index is 1.90. The number of amides is 1. The van der Waals surface area contributed by atoms with Crippen molar-refractivity contribution in [3.63, 3.8) is 0 Å². The molecule has 0 bridgehead atoms. The molecule has 1 atom stereocenters. The largest absolute Gasteiger partial charge is 0.504 e. The molecule has 1 amide bonds. The zero-order valence-electron chi connectivity index (χ0n) is 14.2. The van der Waals surface area contributed by atoms with E-state index in [0.29, 0.717) is 22.8 Å². The van der Waals surface area contributed by atoms with E-state index < -0.39 is 12.0 Å². The first-order valence-corrected chi connectivity index (χ1v) is 7.54. The molecule has 0 aromatic heterocycles. The molecule has 0 aliphatic rings. The topological polar surface area (TPSA) is 89.4 Å². The van der Waals surface area contributed by atoms with Gasteiger partial charge in [0.15, 0.2) is 17.6 Å². The van der Waals surface area contributed by atoms with Crippen LogP contribution in [-0.4, -0.2) is 37.6 Å². The van der Waals surface area contributed by atoms with Gasteiger partial charge in [-0.1, -0.05) is 0 Å². The van der Waals surface area contributed by atoms with Crippen molar-refractivity contribution >= 4 is 12.1 Å². The predicted molar refractivity (Wildman–Crippen MR) is 93.5 cm³/mol. The molecular formula is C18H20N2O5. The van der Waals surface area contributed by atoms with Crippen LogP contribution in [0.15, 0.2) is 47.6 Å². The van der Waals surface area contributed by atoms with Crippen molar-refractivity contribution in [3.05, 3.63) is 48.0 Å². The fourth-order valence-corrected chi connectivity index (χ4v) is 1.95. The number of phenols is 1. The first-order valence-electron chi connectivity index (χ1n) is 7.54. The van der Waals surface area contributed by atoms with Crippen molar-refractivity contribution in [1.29, 1.82) is 0 Å². The Morgan fingerprint density at radius 3 is 2.44 bits per heavy atom. The van der Waals surface area contributed by atoms with E-state index in [-0.39, 0.29) is 5.75 Å². The van der Waals surface area contributed by atoms with Crippen LogP contribution < -0.4 is 19.6 Å². The van der Waals surface area contributed by atoms with Crippen LogP contribution in [0.3, 0.4) is 0 Å². The van der Waals surface area contributed by atoms with Crippen LogP contribution in [0.1, 0.15) is 12.5 Å². The summed E-state index contributed by atoms with van der Waals surface area (Å²) in [7, 11) is 3.03. The number of rotatable bonds is 7. The molecule has 0 spiro atoms. The molecule has 0 aliphatic carbocycles. The number of carbonyl (C=O) groups is 1. The average Bonchev–Trinajstić information content (AvgIpc) is 2.63. The number of hydrazone groups is 1. The van der Waals surface area contributed by atoms with Crippen LogP contribution in [0, 0.1) is 0 Å². The standard InChI is InChI=1S/C18H20N2O5/c1-12(25-15-7-5-14(23-2)6-8-15)18(22)20-19-11-13-4-9-16(21)17(10-13)24-3/h4-12,21H,1-3H3,(H,20,22). The van der Waals surface area contributed by atoms with Gasteiger partial charge in [-0.25, -0.2) is 5.43 Å². The van der Waals surface area contributed by atoms with Gasteiger partial charge in [0.25, 0.3) is 5.91 Å². The van der Waals surface area contributed by atoms with E-state index in [1.165, 1.54) is 19.4 Å². The molecule has 2 N–H and O–H groups in total. The van der Waals surface area contributed by atoms with Crippen LogP contribution >= 0.6 is 0 Å². The highest BCUT2D eigenvalue weighted by Crippen LogP contribution is 2.25. The van der Waals surface area contributed by atoms with Crippen molar-refractivity contribution in [1.82, 2.24) is 5.43 Å². The molecule has 0 radical (unpaired) electrons. The fourth-order valence-electron chi connectivity index (χ4n) is 1.95. The molecule has 0 fully saturated rings. The van der Waals surface area contributed by atoms with Gasteiger partial charge in [-0.05, 0) is 55.0 Å². The Kier molecular flexibility index (Phi) is 6.22. The minimum Gasteiger partial charge on any atom is -0.504 e. The number of nitrogens with zero attached hydrogens (tertiary/aromatic N) is 1. The molecule has 2 rings (SSSR count). The Bertz CT molecular complexity index is 744. The van der Waals surface area contributed by atoms with Gasteiger partial charge < -0.3 is 19.3 Å². The van der Waals surface area contributed by atoms with Crippen molar-refractivity contribution in [2.75, 3.05) is 14.2 Å². The minimum absolute atomic E-state index is 0.0326. The number of methoxy groups -OCH3 is 2. The molecule has 7 heteroatoms. The Labute approximate surface area is 145 Å². The summed E-state index contributed by atoms with van der Waals surface area (Å²) >= 11 is 0. The third kappa shape index (κ3) is 5.13. The monoisotopic (exact) mass is 344 g/mol. The second-order valence-electron chi connectivity index (χ2n) is 5.10. The smallest absolute Gasteiger partial charge is 0.280 e. The molecule has 25 heavy (non-hydrogen) atoms. The normalized spacial score (nSPS) is 11.8. The third-order valence-electron chi connectivity index (χ3n) is 3.33. The Morgan fingerprint density at radius 2 is 1.80 bits per heavy atom. The maximum atomic E-state index is 12.0. The molecule has 132 valence electrons. The summed E-state index contributed by atoms with van der Waals surface area (Å²) in [6, 6.07) is 11.7. The molecule has 0 aliphatic heterocycles. The second kappa shape index (κ2) is 8.58. The van der Waals surface area contributed by atoms with Gasteiger partial charge in [0, 0.05) is 0 Å². The predicted octanol–water partition coefficient (Wildman–Crippen LogP) is 2.33. The van der Waals surface area contributed by atoms with Gasteiger partial charge in [0.2, 0.25) is 0 Å². The summed E-state index contributed by atoms with van der Waals surface area (Å²) in [5.41, 5.74) is 3.07. The van der Waals surface area contributed by atoms with E-state index in [9.17, 15) is 9.90 Å². The molecule has 1 unspecified atom stereocenters. The van der Waals surface area contributed by atoms with E-state index in [0.717, 1.165) is 0 Å². The highest BCUT2D eigenvalue weighted by atomic mass is 16.5. The van der Waals surface area contributed by atoms with Crippen molar-refractivity contribution in [2.24, 2.45) is 5.10 Å². The SMILES string of the molecule is COc1ccc(OC(C)C(=O)NN=Cc2ccc(O)c(OC)c2)cc1. The second-order valence-corrected chi connectivity index (χ2v) is 5.10. The maximum absolute atomic E-state index is 12.0. The number of aromatic hydroxyl groups is 1. The highest BCUT2D eigenvalue weighted by molar-refractivity contribution is 5.84. The number of nitrogens with one attached hydrogen (secondary N) is 1. The molecule has 7 nitrogen and oxygen atoms in total. The zero-order chi connectivity index (χ0) is 18.2. The van der Waals surface area contributed by atoms with Crippen LogP contribution in [0.4, 0.5) is 0 Å². The van der Waals surface area contributed by atoms with Gasteiger partial charge in [-0.2, -0.15) is 5.10 Å². The van der Waals surface area contributed by atoms with Crippen LogP contribution in [-0.2, 0) is 4.79 Å². The molecule has 0 saturated carbocycles. The van der Waals surface area contributed by atoms with Gasteiger partial charge in [-0.3, -0.25) is 4.79 Å². The number of benzene rings is 2. The van der Waals surface area contributed by atoms with Crippen LogP contribution in [0.25, 0.3) is 0 Å². The number of phenolic OH excluding ortho intramolecular Hbond substituents is 1. The zero-order valence-corrected chi connectivity index (χ0v) is 14.2. The van der Waals surface area contributed by atoms with Gasteiger partial charge in [0.05, 0.1) is 20.4 Å². The van der Waals surface area contributed by atoms with E-state index in [2.05, 4.69) is 10.5 Å². The number of hydrogen-bond donors (Lipinski definition) is 2. The van der Waals surface area contributed by atoms with E-state index in [1.54, 1.807) is 50.4 Å². The lowest BCUT2D eigenvalue weighted by molar-refractivity contribution is -0.127. The van der Waals surface area contributed by atoms with Gasteiger partial charge >= 0.3 is 0 Å². The number of hydrogen-bond acceptors (Lipinski definition) is 6. The lowest BCUT2D eigenvalue weighted by atomic mass is 10.2. The lowest BCUT2D eigenvalue weighted by Crippen LogP contribution is -2.33. The Hall–Kier alpha value is -3.22. The van der Waals surface area contributed by atoms with Crippen LogP contribution in [0.2, 0.25) is 0 Å². The molecule has 2 aromatic rings. The first-order chi connectivity index (χ1) is 12.0. The molecule has 0 saturated heterocycles. The van der Waals surface area contributed by atoms with Crippen molar-refractivity contribution in [3.8, 4) is 23.0 Å². The van der Waals surface area contributed by atoms with Crippen molar-refractivity contribution in [2.45, 2.75) is 13.0 Å². The van der Waals surface area contributed by atoms with Gasteiger partial charge in [0.1, 0.15) is 11.5 Å².